The summed E-state index contributed by atoms with van der Waals surface area (Å²) in [7, 11) is 0. The van der Waals surface area contributed by atoms with Crippen molar-refractivity contribution in [3.8, 4) is 0 Å². The van der Waals surface area contributed by atoms with Crippen LogP contribution in [0.5, 0.6) is 0 Å². The first-order valence-corrected chi connectivity index (χ1v) is 7.65. The van der Waals surface area contributed by atoms with Gasteiger partial charge in [0.15, 0.2) is 5.78 Å². The minimum Gasteiger partial charge on any atom is -0.292 e. The Balaban J connectivity index is 2.36. The highest BCUT2D eigenvalue weighted by Crippen LogP contribution is 2.27. The fraction of sp³-hybridized carbons (Fsp3) is 0.286. The van der Waals surface area contributed by atoms with Gasteiger partial charge in [0.05, 0.1) is 10.7 Å². The first-order valence-electron chi connectivity index (χ1n) is 6.11. The molecular weight excluding hydrogens is 363 g/mol. The summed E-state index contributed by atoms with van der Waals surface area (Å²) >= 11 is 15.6. The summed E-state index contributed by atoms with van der Waals surface area (Å²) in [5, 5.41) is 5.20. The molecule has 0 N–H and O–H groups in total. The van der Waals surface area contributed by atoms with Crippen molar-refractivity contribution < 1.29 is 4.79 Å². The van der Waals surface area contributed by atoms with Crippen LogP contribution in [-0.2, 0) is 6.42 Å². The number of hydrogen-bond acceptors (Lipinski definition) is 2. The zero-order valence-corrected chi connectivity index (χ0v) is 14.1. The Bertz CT molecular complexity index is 632. The Labute approximate surface area is 136 Å². The Morgan fingerprint density at radius 3 is 2.50 bits per heavy atom. The van der Waals surface area contributed by atoms with Gasteiger partial charge in [-0.3, -0.25) is 9.48 Å². The van der Waals surface area contributed by atoms with E-state index in [-0.39, 0.29) is 18.2 Å². The van der Waals surface area contributed by atoms with Crippen molar-refractivity contribution in [3.05, 3.63) is 50.2 Å². The summed E-state index contributed by atoms with van der Waals surface area (Å²) in [6, 6.07) is 5.31. The number of hydrogen-bond donors (Lipinski definition) is 0. The monoisotopic (exact) mass is 374 g/mol. The van der Waals surface area contributed by atoms with Gasteiger partial charge >= 0.3 is 0 Å². The third-order valence-electron chi connectivity index (χ3n) is 2.90. The fourth-order valence-corrected chi connectivity index (χ4v) is 2.96. The minimum atomic E-state index is -0.0712. The van der Waals surface area contributed by atoms with Gasteiger partial charge in [-0.25, -0.2) is 0 Å². The van der Waals surface area contributed by atoms with Crippen molar-refractivity contribution in [3.63, 3.8) is 0 Å². The van der Waals surface area contributed by atoms with Gasteiger partial charge in [0.25, 0.3) is 0 Å². The van der Waals surface area contributed by atoms with E-state index in [0.717, 1.165) is 0 Å². The van der Waals surface area contributed by atoms with Gasteiger partial charge in [0.2, 0.25) is 0 Å². The predicted molar refractivity (Wildman–Crippen MR) is 84.8 cm³/mol. The van der Waals surface area contributed by atoms with E-state index in [1.165, 1.54) is 0 Å². The third-order valence-corrected chi connectivity index (χ3v) is 4.19. The zero-order valence-electron chi connectivity index (χ0n) is 11.0. The number of carbonyl (C=O) groups is 1. The molecule has 0 amide bonds. The molecule has 1 aromatic heterocycles. The molecule has 0 aliphatic rings. The van der Waals surface area contributed by atoms with Crippen molar-refractivity contribution in [2.45, 2.75) is 26.3 Å². The average Bonchev–Trinajstić information content (AvgIpc) is 2.76. The molecule has 0 saturated carbocycles. The zero-order chi connectivity index (χ0) is 14.9. The number of Topliss-reactive ketones (excluding diaryl/α,β-unsaturated/α-hetero) is 1. The summed E-state index contributed by atoms with van der Waals surface area (Å²) in [6.07, 6.45) is 1.77. The topological polar surface area (TPSA) is 34.9 Å². The molecule has 106 valence electrons. The molecule has 1 aromatic carbocycles. The van der Waals surface area contributed by atoms with E-state index < -0.39 is 0 Å². The van der Waals surface area contributed by atoms with Crippen LogP contribution in [0.25, 0.3) is 0 Å². The lowest BCUT2D eigenvalue weighted by Crippen LogP contribution is -2.15. The van der Waals surface area contributed by atoms with Crippen LogP contribution in [0.4, 0.5) is 0 Å². The van der Waals surface area contributed by atoms with E-state index in [1.807, 2.05) is 13.8 Å². The number of ketones is 1. The van der Waals surface area contributed by atoms with Crippen LogP contribution >= 0.6 is 39.1 Å². The number of carbonyl (C=O) groups excluding carboxylic acids is 1. The van der Waals surface area contributed by atoms with Crippen molar-refractivity contribution in [2.75, 3.05) is 0 Å². The molecule has 0 aliphatic heterocycles. The second kappa shape index (κ2) is 6.29. The summed E-state index contributed by atoms with van der Waals surface area (Å²) < 4.78 is 2.37. The molecule has 0 unspecified atom stereocenters. The summed E-state index contributed by atoms with van der Waals surface area (Å²) in [6.45, 7) is 3.94. The van der Waals surface area contributed by atoms with Crippen LogP contribution in [-0.4, -0.2) is 15.6 Å². The van der Waals surface area contributed by atoms with Gasteiger partial charge in [-0.05, 0) is 47.5 Å². The molecule has 0 bridgehead atoms. The first kappa shape index (κ1) is 15.5. The molecule has 0 fully saturated rings. The van der Waals surface area contributed by atoms with Crippen LogP contribution in [0.1, 0.15) is 35.9 Å². The van der Waals surface area contributed by atoms with E-state index >= 15 is 0 Å². The summed E-state index contributed by atoms with van der Waals surface area (Å²) in [5.41, 5.74) is 1.18. The van der Waals surface area contributed by atoms with Gasteiger partial charge in [0, 0.05) is 22.5 Å². The molecule has 0 radical (unpaired) electrons. The van der Waals surface area contributed by atoms with Gasteiger partial charge in [-0.2, -0.15) is 5.10 Å². The molecular formula is C14H13BrCl2N2O. The van der Waals surface area contributed by atoms with E-state index in [0.29, 0.717) is 25.8 Å². The van der Waals surface area contributed by atoms with Gasteiger partial charge < -0.3 is 0 Å². The maximum atomic E-state index is 12.5. The molecule has 0 atom stereocenters. The predicted octanol–water partition coefficient (Wildman–Crippen LogP) is 4.96. The van der Waals surface area contributed by atoms with Crippen LogP contribution in [0.3, 0.4) is 0 Å². The largest absolute Gasteiger partial charge is 0.292 e. The lowest BCUT2D eigenvalue weighted by atomic mass is 10.1. The van der Waals surface area contributed by atoms with E-state index in [1.54, 1.807) is 29.1 Å². The summed E-state index contributed by atoms with van der Waals surface area (Å²) in [4.78, 5) is 12.5. The van der Waals surface area contributed by atoms with Crippen LogP contribution in [0.15, 0.2) is 28.9 Å². The smallest absolute Gasteiger partial charge is 0.186 e. The number of aromatic nitrogens is 2. The van der Waals surface area contributed by atoms with Gasteiger partial charge in [0.1, 0.15) is 5.69 Å². The average molecular weight is 376 g/mol. The van der Waals surface area contributed by atoms with Crippen molar-refractivity contribution in [1.29, 1.82) is 0 Å². The number of nitrogens with zero attached hydrogens (tertiary/aromatic N) is 2. The Morgan fingerprint density at radius 1 is 1.35 bits per heavy atom. The SMILES string of the molecule is CC(C)n1ncc(Br)c1C(=O)Cc1c(Cl)cccc1Cl. The lowest BCUT2D eigenvalue weighted by Gasteiger charge is -2.11. The maximum absolute atomic E-state index is 12.5. The Morgan fingerprint density at radius 2 is 1.95 bits per heavy atom. The van der Waals surface area contributed by atoms with Crippen molar-refractivity contribution in [2.24, 2.45) is 0 Å². The molecule has 3 nitrogen and oxygen atoms in total. The third kappa shape index (κ3) is 3.08. The molecule has 20 heavy (non-hydrogen) atoms. The summed E-state index contributed by atoms with van der Waals surface area (Å²) in [5.74, 6) is -0.0712. The second-order valence-electron chi connectivity index (χ2n) is 4.68. The Hall–Kier alpha value is -0.840. The first-order chi connectivity index (χ1) is 9.41. The number of benzene rings is 1. The van der Waals surface area contributed by atoms with E-state index in [4.69, 9.17) is 23.2 Å². The highest BCUT2D eigenvalue weighted by Gasteiger charge is 2.21. The number of halogens is 3. The van der Waals surface area contributed by atoms with Crippen molar-refractivity contribution in [1.82, 2.24) is 9.78 Å². The quantitative estimate of drug-likeness (QED) is 0.708. The van der Waals surface area contributed by atoms with Crippen LogP contribution < -0.4 is 0 Å². The van der Waals surface area contributed by atoms with Gasteiger partial charge in [-0.1, -0.05) is 29.3 Å². The highest BCUT2D eigenvalue weighted by atomic mass is 79.9. The minimum absolute atomic E-state index is 0.0712. The standard InChI is InChI=1S/C14H13BrCl2N2O/c1-8(2)19-14(10(15)7-18-19)13(20)6-9-11(16)4-3-5-12(9)17/h3-5,7-8H,6H2,1-2H3. The van der Waals surface area contributed by atoms with E-state index in [2.05, 4.69) is 21.0 Å². The highest BCUT2D eigenvalue weighted by molar-refractivity contribution is 9.10. The normalized spacial score (nSPS) is 11.1. The van der Waals surface area contributed by atoms with Crippen LogP contribution in [0, 0.1) is 0 Å². The lowest BCUT2D eigenvalue weighted by molar-refractivity contribution is 0.0980. The van der Waals surface area contributed by atoms with Gasteiger partial charge in [-0.15, -0.1) is 0 Å². The molecule has 0 saturated heterocycles. The maximum Gasteiger partial charge on any atom is 0.186 e. The van der Waals surface area contributed by atoms with Crippen LogP contribution in [0.2, 0.25) is 10.0 Å². The molecule has 0 spiro atoms. The fourth-order valence-electron chi connectivity index (χ4n) is 1.94. The van der Waals surface area contributed by atoms with E-state index in [9.17, 15) is 4.79 Å². The second-order valence-corrected chi connectivity index (χ2v) is 6.35. The molecule has 0 aliphatic carbocycles. The molecule has 6 heteroatoms. The number of rotatable bonds is 4. The van der Waals surface area contributed by atoms with Crippen molar-refractivity contribution >= 4 is 44.9 Å². The Kier molecular flexibility index (Phi) is 4.89. The molecule has 2 rings (SSSR count). The molecule has 1 heterocycles. The molecule has 2 aromatic rings.